The fraction of sp³-hybridized carbons (Fsp3) is 0.529. The number of nitrogens with one attached hydrogen (secondary N) is 2. The molecule has 2 rings (SSSR count). The highest BCUT2D eigenvalue weighted by Gasteiger charge is 2.24. The van der Waals surface area contributed by atoms with Crippen LogP contribution in [0.2, 0.25) is 0 Å². The average molecular weight is 319 g/mol. The lowest BCUT2D eigenvalue weighted by Gasteiger charge is -2.28. The first-order chi connectivity index (χ1) is 10.5. The normalized spacial score (nSPS) is 16.5. The largest absolute Gasteiger partial charge is 0.360 e. The number of thiocarbonyl (C=S) groups is 1. The number of carbonyl (C=O) groups excluding carboxylic acids is 1. The molecule has 0 amide bonds. The van der Waals surface area contributed by atoms with E-state index in [9.17, 15) is 4.79 Å². The highest BCUT2D eigenvalue weighted by molar-refractivity contribution is 7.80. The van der Waals surface area contributed by atoms with Crippen LogP contribution in [0.25, 0.3) is 0 Å². The van der Waals surface area contributed by atoms with Gasteiger partial charge in [-0.05, 0) is 71.2 Å². The number of likely N-dealkylation sites (tertiary alicyclic amines) is 1. The molecule has 0 aromatic heterocycles. The SMILES string of the molecule is CC(C)NC(=S)Nc1cccc(C(=O)C2CCN(C)CC2)c1. The van der Waals surface area contributed by atoms with Crippen LogP contribution < -0.4 is 10.6 Å². The number of rotatable bonds is 4. The van der Waals surface area contributed by atoms with Gasteiger partial charge in [-0.1, -0.05) is 12.1 Å². The van der Waals surface area contributed by atoms with Gasteiger partial charge in [-0.15, -0.1) is 0 Å². The first-order valence-electron chi connectivity index (χ1n) is 7.86. The lowest BCUT2D eigenvalue weighted by molar-refractivity contribution is 0.0857. The van der Waals surface area contributed by atoms with E-state index in [4.69, 9.17) is 12.2 Å². The second kappa shape index (κ2) is 7.70. The molecule has 0 spiro atoms. The summed E-state index contributed by atoms with van der Waals surface area (Å²) in [6.45, 7) is 6.07. The molecule has 0 unspecified atom stereocenters. The summed E-state index contributed by atoms with van der Waals surface area (Å²) in [5, 5.41) is 6.86. The van der Waals surface area contributed by atoms with Gasteiger partial charge in [0.2, 0.25) is 0 Å². The van der Waals surface area contributed by atoms with Crippen molar-refractivity contribution in [2.24, 2.45) is 5.92 Å². The van der Waals surface area contributed by atoms with Crippen LogP contribution in [0.15, 0.2) is 24.3 Å². The van der Waals surface area contributed by atoms with E-state index >= 15 is 0 Å². The van der Waals surface area contributed by atoms with Gasteiger partial charge < -0.3 is 15.5 Å². The minimum absolute atomic E-state index is 0.146. The van der Waals surface area contributed by atoms with Gasteiger partial charge in [0.05, 0.1) is 0 Å². The summed E-state index contributed by atoms with van der Waals surface area (Å²) in [6, 6.07) is 7.91. The molecule has 4 nitrogen and oxygen atoms in total. The van der Waals surface area contributed by atoms with Gasteiger partial charge in [-0.2, -0.15) is 0 Å². The molecule has 0 saturated carbocycles. The van der Waals surface area contributed by atoms with E-state index in [1.807, 2.05) is 38.1 Å². The molecular formula is C17H25N3OS. The Morgan fingerprint density at radius 3 is 2.64 bits per heavy atom. The van der Waals surface area contributed by atoms with Crippen molar-refractivity contribution in [1.82, 2.24) is 10.2 Å². The summed E-state index contributed by atoms with van der Waals surface area (Å²) in [5.41, 5.74) is 1.63. The molecule has 0 bridgehead atoms. The molecule has 120 valence electrons. The molecule has 1 aliphatic rings. The molecule has 5 heteroatoms. The quantitative estimate of drug-likeness (QED) is 0.660. The van der Waals surface area contributed by atoms with Crippen molar-refractivity contribution < 1.29 is 4.79 Å². The summed E-state index contributed by atoms with van der Waals surface area (Å²) < 4.78 is 0. The zero-order chi connectivity index (χ0) is 16.1. The smallest absolute Gasteiger partial charge is 0.170 e. The summed E-state index contributed by atoms with van der Waals surface area (Å²) in [6.07, 6.45) is 1.89. The van der Waals surface area contributed by atoms with Crippen molar-refractivity contribution in [3.05, 3.63) is 29.8 Å². The van der Waals surface area contributed by atoms with Crippen LogP contribution >= 0.6 is 12.2 Å². The monoisotopic (exact) mass is 319 g/mol. The molecule has 2 N–H and O–H groups in total. The Morgan fingerprint density at radius 2 is 2.00 bits per heavy atom. The maximum atomic E-state index is 12.6. The third-order valence-electron chi connectivity index (χ3n) is 3.91. The molecule has 1 saturated heterocycles. The fourth-order valence-corrected chi connectivity index (χ4v) is 3.04. The molecule has 1 fully saturated rings. The predicted molar refractivity (Wildman–Crippen MR) is 95.5 cm³/mol. The molecule has 0 atom stereocenters. The second-order valence-electron chi connectivity index (χ2n) is 6.28. The van der Waals surface area contributed by atoms with Crippen LogP contribution in [0.5, 0.6) is 0 Å². The van der Waals surface area contributed by atoms with Crippen molar-refractivity contribution in [3.8, 4) is 0 Å². The van der Waals surface area contributed by atoms with Crippen LogP contribution in [0.4, 0.5) is 5.69 Å². The standard InChI is InChI=1S/C17H25N3OS/c1-12(2)18-17(22)19-15-6-4-5-14(11-15)16(21)13-7-9-20(3)10-8-13/h4-6,11-13H,7-10H2,1-3H3,(H2,18,19,22). The molecule has 22 heavy (non-hydrogen) atoms. The van der Waals surface area contributed by atoms with E-state index in [1.54, 1.807) is 0 Å². The summed E-state index contributed by atoms with van der Waals surface area (Å²) >= 11 is 5.25. The molecule has 0 aliphatic carbocycles. The number of anilines is 1. The van der Waals surface area contributed by atoms with Gasteiger partial charge >= 0.3 is 0 Å². The van der Waals surface area contributed by atoms with Crippen LogP contribution in [-0.2, 0) is 0 Å². The number of hydrogen-bond donors (Lipinski definition) is 2. The highest BCUT2D eigenvalue weighted by Crippen LogP contribution is 2.22. The maximum Gasteiger partial charge on any atom is 0.170 e. The van der Waals surface area contributed by atoms with Gasteiger partial charge in [0.15, 0.2) is 10.9 Å². The van der Waals surface area contributed by atoms with E-state index < -0.39 is 0 Å². The number of piperidine rings is 1. The van der Waals surface area contributed by atoms with E-state index in [2.05, 4.69) is 22.6 Å². The fourth-order valence-electron chi connectivity index (χ4n) is 2.69. The summed E-state index contributed by atoms with van der Waals surface area (Å²) in [7, 11) is 2.11. The minimum atomic E-state index is 0.146. The molecular weight excluding hydrogens is 294 g/mol. The van der Waals surface area contributed by atoms with Crippen molar-refractivity contribution in [1.29, 1.82) is 0 Å². The zero-order valence-corrected chi connectivity index (χ0v) is 14.4. The topological polar surface area (TPSA) is 44.4 Å². The Hall–Kier alpha value is -1.46. The minimum Gasteiger partial charge on any atom is -0.360 e. The van der Waals surface area contributed by atoms with Gasteiger partial charge in [0.25, 0.3) is 0 Å². The van der Waals surface area contributed by atoms with Gasteiger partial charge in [-0.3, -0.25) is 4.79 Å². The number of carbonyl (C=O) groups is 1. The molecule has 1 heterocycles. The Balaban J connectivity index is 2.01. The van der Waals surface area contributed by atoms with Crippen LogP contribution in [0, 0.1) is 5.92 Å². The number of benzene rings is 1. The van der Waals surface area contributed by atoms with Gasteiger partial charge in [0.1, 0.15) is 0 Å². The van der Waals surface area contributed by atoms with Crippen LogP contribution in [0.3, 0.4) is 0 Å². The lowest BCUT2D eigenvalue weighted by Crippen LogP contribution is -2.34. The molecule has 1 aromatic carbocycles. The lowest BCUT2D eigenvalue weighted by atomic mass is 9.89. The number of Topliss-reactive ketones (excluding diaryl/α,β-unsaturated/α-hetero) is 1. The van der Waals surface area contributed by atoms with Crippen LogP contribution in [0.1, 0.15) is 37.0 Å². The Morgan fingerprint density at radius 1 is 1.32 bits per heavy atom. The number of hydrogen-bond acceptors (Lipinski definition) is 3. The van der Waals surface area contributed by atoms with Crippen LogP contribution in [-0.4, -0.2) is 42.0 Å². The summed E-state index contributed by atoms with van der Waals surface area (Å²) in [4.78, 5) is 14.9. The van der Waals surface area contributed by atoms with Gasteiger partial charge in [-0.25, -0.2) is 0 Å². The average Bonchev–Trinajstić information content (AvgIpc) is 2.46. The number of nitrogens with zero attached hydrogens (tertiary/aromatic N) is 1. The third kappa shape index (κ3) is 4.78. The van der Waals surface area contributed by atoms with E-state index in [0.717, 1.165) is 37.2 Å². The second-order valence-corrected chi connectivity index (χ2v) is 6.68. The van der Waals surface area contributed by atoms with Crippen molar-refractivity contribution in [2.45, 2.75) is 32.7 Å². The first-order valence-corrected chi connectivity index (χ1v) is 8.27. The molecule has 1 aliphatic heterocycles. The zero-order valence-electron chi connectivity index (χ0n) is 13.6. The maximum absolute atomic E-state index is 12.6. The highest BCUT2D eigenvalue weighted by atomic mass is 32.1. The van der Waals surface area contributed by atoms with Gasteiger partial charge in [0, 0.05) is 23.2 Å². The Labute approximate surface area is 138 Å². The first kappa shape index (κ1) is 16.9. The molecule has 0 radical (unpaired) electrons. The summed E-state index contributed by atoms with van der Waals surface area (Å²) in [5.74, 6) is 0.395. The molecule has 1 aromatic rings. The van der Waals surface area contributed by atoms with E-state index in [-0.39, 0.29) is 17.7 Å². The Bertz CT molecular complexity index is 536. The van der Waals surface area contributed by atoms with Crippen molar-refractivity contribution in [2.75, 3.05) is 25.5 Å². The number of ketones is 1. The Kier molecular flexibility index (Phi) is 5.91. The van der Waals surface area contributed by atoms with E-state index in [0.29, 0.717) is 5.11 Å². The van der Waals surface area contributed by atoms with Crippen molar-refractivity contribution in [3.63, 3.8) is 0 Å². The third-order valence-corrected chi connectivity index (χ3v) is 4.13. The predicted octanol–water partition coefficient (Wildman–Crippen LogP) is 2.91. The van der Waals surface area contributed by atoms with E-state index in [1.165, 1.54) is 0 Å². The van der Waals surface area contributed by atoms with Crippen molar-refractivity contribution >= 4 is 28.8 Å².